The normalized spacial score (nSPS) is 12.6. The van der Waals surface area contributed by atoms with E-state index in [2.05, 4.69) is 5.32 Å². The SMILES string of the molecule is Cc1c(NC(C(=O)N(N)C(=O)c2ccc(O)cc2)C(C)O)ccc(C#N)c1Cl. The summed E-state index contributed by atoms with van der Waals surface area (Å²) in [4.78, 5) is 25.1. The molecule has 2 unspecified atom stereocenters. The molecule has 0 radical (unpaired) electrons. The number of rotatable bonds is 5. The molecule has 0 fully saturated rings. The van der Waals surface area contributed by atoms with Crippen LogP contribution in [0.2, 0.25) is 5.02 Å². The Labute approximate surface area is 166 Å². The van der Waals surface area contributed by atoms with E-state index in [0.29, 0.717) is 16.3 Å². The number of nitrogens with zero attached hydrogens (tertiary/aromatic N) is 2. The molecule has 2 rings (SSSR count). The third-order valence-electron chi connectivity index (χ3n) is 4.14. The van der Waals surface area contributed by atoms with Crippen LogP contribution in [0.15, 0.2) is 36.4 Å². The number of hydrogen-bond acceptors (Lipinski definition) is 7. The van der Waals surface area contributed by atoms with Gasteiger partial charge in [-0.3, -0.25) is 9.59 Å². The molecular weight excluding hydrogens is 384 g/mol. The highest BCUT2D eigenvalue weighted by Crippen LogP contribution is 2.28. The Kier molecular flexibility index (Phi) is 6.59. The van der Waals surface area contributed by atoms with E-state index in [0.717, 1.165) is 0 Å². The second kappa shape index (κ2) is 8.71. The minimum Gasteiger partial charge on any atom is -0.508 e. The van der Waals surface area contributed by atoms with Crippen LogP contribution < -0.4 is 11.2 Å². The largest absolute Gasteiger partial charge is 0.508 e. The van der Waals surface area contributed by atoms with Crippen LogP contribution >= 0.6 is 11.6 Å². The summed E-state index contributed by atoms with van der Waals surface area (Å²) in [7, 11) is 0. The summed E-state index contributed by atoms with van der Waals surface area (Å²) in [5.74, 6) is 3.98. The predicted molar refractivity (Wildman–Crippen MR) is 103 cm³/mol. The number of halogens is 1. The lowest BCUT2D eigenvalue weighted by molar-refractivity contribution is -0.131. The minimum atomic E-state index is -1.24. The molecule has 0 saturated heterocycles. The Morgan fingerprint density at radius 2 is 1.86 bits per heavy atom. The van der Waals surface area contributed by atoms with Crippen molar-refractivity contribution in [2.45, 2.75) is 26.0 Å². The summed E-state index contributed by atoms with van der Waals surface area (Å²) >= 11 is 6.13. The Balaban J connectivity index is 2.27. The first-order valence-corrected chi connectivity index (χ1v) is 8.61. The van der Waals surface area contributed by atoms with Crippen molar-refractivity contribution in [2.24, 2.45) is 5.84 Å². The van der Waals surface area contributed by atoms with Gasteiger partial charge < -0.3 is 15.5 Å². The van der Waals surface area contributed by atoms with E-state index in [9.17, 15) is 19.8 Å². The number of benzene rings is 2. The first-order chi connectivity index (χ1) is 13.2. The molecule has 8 nitrogen and oxygen atoms in total. The van der Waals surface area contributed by atoms with Gasteiger partial charge in [-0.05, 0) is 55.8 Å². The van der Waals surface area contributed by atoms with Gasteiger partial charge in [-0.2, -0.15) is 5.26 Å². The molecule has 28 heavy (non-hydrogen) atoms. The van der Waals surface area contributed by atoms with Crippen molar-refractivity contribution in [3.8, 4) is 11.8 Å². The van der Waals surface area contributed by atoms with E-state index in [1.807, 2.05) is 6.07 Å². The number of carbonyl (C=O) groups excluding carboxylic acids is 2. The van der Waals surface area contributed by atoms with E-state index in [4.69, 9.17) is 22.7 Å². The van der Waals surface area contributed by atoms with Crippen LogP contribution in [0, 0.1) is 18.3 Å². The van der Waals surface area contributed by atoms with Gasteiger partial charge in [0.15, 0.2) is 0 Å². The maximum absolute atomic E-state index is 12.7. The van der Waals surface area contributed by atoms with Gasteiger partial charge in [0.1, 0.15) is 17.9 Å². The average Bonchev–Trinajstić information content (AvgIpc) is 2.67. The number of phenols is 1. The van der Waals surface area contributed by atoms with E-state index >= 15 is 0 Å². The molecule has 146 valence electrons. The number of nitriles is 1. The van der Waals surface area contributed by atoms with Crippen molar-refractivity contribution < 1.29 is 19.8 Å². The highest BCUT2D eigenvalue weighted by atomic mass is 35.5. The van der Waals surface area contributed by atoms with Crippen LogP contribution in [-0.4, -0.2) is 39.2 Å². The number of nitrogens with one attached hydrogen (secondary N) is 1. The summed E-state index contributed by atoms with van der Waals surface area (Å²) in [6, 6.07) is 8.95. The molecular formula is C19H19ClN4O4. The molecule has 0 saturated carbocycles. The van der Waals surface area contributed by atoms with Gasteiger partial charge in [0, 0.05) is 11.3 Å². The molecule has 0 aliphatic carbocycles. The number of aromatic hydroxyl groups is 1. The molecule has 0 bridgehead atoms. The second-order valence-corrected chi connectivity index (χ2v) is 6.51. The maximum atomic E-state index is 12.7. The van der Waals surface area contributed by atoms with Gasteiger partial charge >= 0.3 is 0 Å². The third-order valence-corrected chi connectivity index (χ3v) is 4.62. The summed E-state index contributed by atoms with van der Waals surface area (Å²) in [5, 5.41) is 31.8. The number of imide groups is 1. The fraction of sp³-hybridized carbons (Fsp3) is 0.211. The quantitative estimate of drug-likeness (QED) is 0.340. The van der Waals surface area contributed by atoms with Crippen molar-refractivity contribution >= 4 is 29.1 Å². The monoisotopic (exact) mass is 402 g/mol. The van der Waals surface area contributed by atoms with Crippen LogP contribution in [0.4, 0.5) is 5.69 Å². The number of phenolic OH excluding ortho intramolecular Hbond substituents is 1. The molecule has 0 aromatic heterocycles. The van der Waals surface area contributed by atoms with Gasteiger partial charge in [-0.25, -0.2) is 10.9 Å². The van der Waals surface area contributed by atoms with E-state index in [-0.39, 0.29) is 21.9 Å². The van der Waals surface area contributed by atoms with Gasteiger partial charge in [-0.15, -0.1) is 0 Å². The average molecular weight is 403 g/mol. The fourth-order valence-corrected chi connectivity index (χ4v) is 2.68. The van der Waals surface area contributed by atoms with Crippen LogP contribution in [0.3, 0.4) is 0 Å². The standard InChI is InChI=1S/C19H19ClN4O4/c1-10-15(8-5-13(9-21)16(10)20)23-17(11(2)25)19(28)24(22)18(27)12-3-6-14(26)7-4-12/h3-8,11,17,23,25-26H,22H2,1-2H3. The molecule has 2 amide bonds. The van der Waals surface area contributed by atoms with Crippen molar-refractivity contribution in [1.82, 2.24) is 5.01 Å². The lowest BCUT2D eigenvalue weighted by Crippen LogP contribution is -2.53. The lowest BCUT2D eigenvalue weighted by atomic mass is 10.1. The highest BCUT2D eigenvalue weighted by molar-refractivity contribution is 6.32. The minimum absolute atomic E-state index is 0.0388. The Morgan fingerprint density at radius 3 is 2.39 bits per heavy atom. The number of nitrogens with two attached hydrogens (primary N) is 1. The summed E-state index contributed by atoms with van der Waals surface area (Å²) < 4.78 is 0. The van der Waals surface area contributed by atoms with Crippen molar-refractivity contribution in [2.75, 3.05) is 5.32 Å². The Hall–Kier alpha value is -3.12. The Bertz CT molecular complexity index is 938. The van der Waals surface area contributed by atoms with E-state index in [1.165, 1.54) is 37.3 Å². The van der Waals surface area contributed by atoms with Crippen molar-refractivity contribution in [3.05, 3.63) is 58.1 Å². The zero-order valence-electron chi connectivity index (χ0n) is 15.2. The van der Waals surface area contributed by atoms with Crippen LogP contribution in [0.5, 0.6) is 5.75 Å². The third kappa shape index (κ3) is 4.40. The summed E-state index contributed by atoms with van der Waals surface area (Å²) in [6.07, 6.45) is -1.19. The second-order valence-electron chi connectivity index (χ2n) is 6.13. The molecule has 5 N–H and O–H groups in total. The molecule has 2 atom stereocenters. The number of hydrazine groups is 1. The van der Waals surface area contributed by atoms with Crippen LogP contribution in [0.1, 0.15) is 28.4 Å². The van der Waals surface area contributed by atoms with Gasteiger partial charge in [0.05, 0.1) is 16.7 Å². The molecule has 2 aromatic carbocycles. The highest BCUT2D eigenvalue weighted by Gasteiger charge is 2.31. The number of aliphatic hydroxyl groups excluding tert-OH is 1. The summed E-state index contributed by atoms with van der Waals surface area (Å²) in [5.41, 5.74) is 1.28. The first-order valence-electron chi connectivity index (χ1n) is 8.23. The fourth-order valence-electron chi connectivity index (χ4n) is 2.48. The molecule has 0 heterocycles. The molecule has 2 aromatic rings. The van der Waals surface area contributed by atoms with E-state index < -0.39 is 24.0 Å². The number of amides is 2. The number of aliphatic hydroxyl groups is 1. The smallest absolute Gasteiger partial charge is 0.274 e. The zero-order valence-corrected chi connectivity index (χ0v) is 15.9. The van der Waals surface area contributed by atoms with Crippen LogP contribution in [0.25, 0.3) is 0 Å². The van der Waals surface area contributed by atoms with Gasteiger partial charge in [0.25, 0.3) is 11.8 Å². The molecule has 0 aliphatic rings. The zero-order chi connectivity index (χ0) is 21.0. The van der Waals surface area contributed by atoms with Gasteiger partial charge in [0.2, 0.25) is 0 Å². The number of hydrogen-bond donors (Lipinski definition) is 4. The Morgan fingerprint density at radius 1 is 1.25 bits per heavy atom. The lowest BCUT2D eigenvalue weighted by Gasteiger charge is -2.26. The molecule has 0 aliphatic heterocycles. The van der Waals surface area contributed by atoms with Crippen molar-refractivity contribution in [1.29, 1.82) is 5.26 Å². The number of anilines is 1. The van der Waals surface area contributed by atoms with Crippen molar-refractivity contribution in [3.63, 3.8) is 0 Å². The van der Waals surface area contributed by atoms with Gasteiger partial charge in [-0.1, -0.05) is 11.6 Å². The predicted octanol–water partition coefficient (Wildman–Crippen LogP) is 1.93. The van der Waals surface area contributed by atoms with Crippen LogP contribution in [-0.2, 0) is 4.79 Å². The van der Waals surface area contributed by atoms with E-state index in [1.54, 1.807) is 13.0 Å². The first kappa shape index (κ1) is 21.2. The maximum Gasteiger partial charge on any atom is 0.274 e. The number of carbonyl (C=O) groups is 2. The summed E-state index contributed by atoms with van der Waals surface area (Å²) in [6.45, 7) is 3.02. The topological polar surface area (TPSA) is 140 Å². The molecule has 0 spiro atoms. The molecule has 9 heteroatoms.